The van der Waals surface area contributed by atoms with E-state index in [0.29, 0.717) is 19.3 Å². The molecule has 4 nitrogen and oxygen atoms in total. The second-order valence-electron chi connectivity index (χ2n) is 6.20. The van der Waals surface area contributed by atoms with Crippen molar-refractivity contribution in [2.75, 3.05) is 0 Å². The van der Waals surface area contributed by atoms with Gasteiger partial charge in [-0.3, -0.25) is 4.79 Å². The smallest absolute Gasteiger partial charge is 0.223 e. The molecule has 0 aliphatic heterocycles. The molecule has 3 N–H and O–H groups in total. The van der Waals surface area contributed by atoms with E-state index in [9.17, 15) is 15.0 Å². The van der Waals surface area contributed by atoms with Crippen molar-refractivity contribution in [1.82, 2.24) is 5.32 Å². The molecule has 1 aliphatic carbocycles. The van der Waals surface area contributed by atoms with Crippen molar-refractivity contribution in [1.29, 1.82) is 0 Å². The molecule has 118 valence electrons. The Hall–Kier alpha value is -0.910. The molecule has 5 heteroatoms. The standard InChI is InChI=1S/C16H25NO3S/c1-12(10-13(18)14-6-5-9-21-14)17-15(19)11-16(20)7-3-2-4-8-16/h5-6,9,12-13,18,20H,2-4,7-8,10-11H2,1H3,(H,17,19)/t12-,13+/m1/s1. The lowest BCUT2D eigenvalue weighted by molar-refractivity contribution is -0.128. The van der Waals surface area contributed by atoms with E-state index in [-0.39, 0.29) is 18.4 Å². The highest BCUT2D eigenvalue weighted by Crippen LogP contribution is 2.31. The molecule has 21 heavy (non-hydrogen) atoms. The molecule has 2 rings (SSSR count). The van der Waals surface area contributed by atoms with Gasteiger partial charge in [0.05, 0.1) is 18.1 Å². The zero-order chi connectivity index (χ0) is 15.3. The summed E-state index contributed by atoms with van der Waals surface area (Å²) in [6.45, 7) is 1.89. The van der Waals surface area contributed by atoms with Gasteiger partial charge >= 0.3 is 0 Å². The van der Waals surface area contributed by atoms with Crippen molar-refractivity contribution in [2.45, 2.75) is 69.6 Å². The van der Waals surface area contributed by atoms with Crippen molar-refractivity contribution in [3.63, 3.8) is 0 Å². The summed E-state index contributed by atoms with van der Waals surface area (Å²) >= 11 is 1.52. The van der Waals surface area contributed by atoms with E-state index >= 15 is 0 Å². The van der Waals surface area contributed by atoms with Crippen molar-refractivity contribution < 1.29 is 15.0 Å². The first-order valence-corrected chi connectivity index (χ1v) is 8.60. The largest absolute Gasteiger partial charge is 0.389 e. The summed E-state index contributed by atoms with van der Waals surface area (Å²) < 4.78 is 0. The Bertz CT molecular complexity index is 440. The van der Waals surface area contributed by atoms with Crippen LogP contribution in [0.25, 0.3) is 0 Å². The van der Waals surface area contributed by atoms with Gasteiger partial charge < -0.3 is 15.5 Å². The monoisotopic (exact) mass is 311 g/mol. The van der Waals surface area contributed by atoms with E-state index in [1.165, 1.54) is 11.3 Å². The Morgan fingerprint density at radius 1 is 1.43 bits per heavy atom. The Morgan fingerprint density at radius 2 is 2.14 bits per heavy atom. The predicted molar refractivity (Wildman–Crippen MR) is 84.2 cm³/mol. The van der Waals surface area contributed by atoms with Crippen LogP contribution in [0, 0.1) is 0 Å². The Morgan fingerprint density at radius 3 is 2.76 bits per heavy atom. The third-order valence-electron chi connectivity index (χ3n) is 4.13. The summed E-state index contributed by atoms with van der Waals surface area (Å²) in [7, 11) is 0. The fourth-order valence-electron chi connectivity index (χ4n) is 3.00. The number of aliphatic hydroxyl groups excluding tert-OH is 1. The minimum atomic E-state index is -0.825. The number of nitrogens with one attached hydrogen (secondary N) is 1. The molecule has 0 aromatic carbocycles. The fourth-order valence-corrected chi connectivity index (χ4v) is 3.73. The zero-order valence-electron chi connectivity index (χ0n) is 12.5. The molecular formula is C16H25NO3S. The predicted octanol–water partition coefficient (Wildman–Crippen LogP) is 2.76. The normalized spacial score (nSPS) is 20.7. The number of carbonyl (C=O) groups excluding carboxylic acids is 1. The minimum Gasteiger partial charge on any atom is -0.389 e. The second kappa shape index (κ2) is 7.38. The minimum absolute atomic E-state index is 0.109. The Labute approximate surface area is 130 Å². The van der Waals surface area contributed by atoms with Crippen LogP contribution in [0.5, 0.6) is 0 Å². The van der Waals surface area contributed by atoms with Gasteiger partial charge in [0.25, 0.3) is 0 Å². The van der Waals surface area contributed by atoms with Crippen LogP contribution < -0.4 is 5.32 Å². The molecule has 1 fully saturated rings. The highest BCUT2D eigenvalue weighted by atomic mass is 32.1. The quantitative estimate of drug-likeness (QED) is 0.756. The average molecular weight is 311 g/mol. The molecule has 2 atom stereocenters. The molecule has 1 saturated carbocycles. The highest BCUT2D eigenvalue weighted by molar-refractivity contribution is 7.10. The van der Waals surface area contributed by atoms with Gasteiger partial charge in [0.15, 0.2) is 0 Å². The number of thiophene rings is 1. The van der Waals surface area contributed by atoms with Gasteiger partial charge in [-0.15, -0.1) is 11.3 Å². The summed E-state index contributed by atoms with van der Waals surface area (Å²) in [5.74, 6) is -0.120. The fraction of sp³-hybridized carbons (Fsp3) is 0.688. The number of carbonyl (C=O) groups is 1. The van der Waals surface area contributed by atoms with E-state index in [0.717, 1.165) is 24.1 Å². The first kappa shape index (κ1) is 16.5. The first-order valence-electron chi connectivity index (χ1n) is 7.72. The van der Waals surface area contributed by atoms with Crippen LogP contribution in [-0.2, 0) is 4.79 Å². The number of hydrogen-bond acceptors (Lipinski definition) is 4. The van der Waals surface area contributed by atoms with Gasteiger partial charge in [0.2, 0.25) is 5.91 Å². The van der Waals surface area contributed by atoms with Gasteiger partial charge in [-0.1, -0.05) is 25.3 Å². The van der Waals surface area contributed by atoms with E-state index in [4.69, 9.17) is 0 Å². The van der Waals surface area contributed by atoms with Gasteiger partial charge in [0, 0.05) is 10.9 Å². The number of amides is 1. The maximum absolute atomic E-state index is 12.0. The molecule has 0 unspecified atom stereocenters. The van der Waals surface area contributed by atoms with Crippen molar-refractivity contribution >= 4 is 17.2 Å². The lowest BCUT2D eigenvalue weighted by Gasteiger charge is -2.31. The Kier molecular flexibility index (Phi) is 5.79. The summed E-state index contributed by atoms with van der Waals surface area (Å²) in [4.78, 5) is 13.0. The molecule has 1 aromatic heterocycles. The third-order valence-corrected chi connectivity index (χ3v) is 5.10. The van der Waals surface area contributed by atoms with E-state index in [1.54, 1.807) is 0 Å². The number of hydrogen-bond donors (Lipinski definition) is 3. The van der Waals surface area contributed by atoms with E-state index in [1.807, 2.05) is 24.4 Å². The van der Waals surface area contributed by atoms with Crippen LogP contribution in [0.2, 0.25) is 0 Å². The van der Waals surface area contributed by atoms with Crippen LogP contribution in [0.1, 0.15) is 62.9 Å². The molecule has 0 radical (unpaired) electrons. The summed E-state index contributed by atoms with van der Waals surface area (Å²) in [6, 6.07) is 3.70. The molecule has 1 aromatic rings. The summed E-state index contributed by atoms with van der Waals surface area (Å²) in [5, 5.41) is 25.3. The third kappa shape index (κ3) is 5.09. The summed E-state index contributed by atoms with van der Waals surface area (Å²) in [6.07, 6.45) is 4.69. The van der Waals surface area contributed by atoms with Crippen LogP contribution in [0.3, 0.4) is 0 Å². The first-order chi connectivity index (χ1) is 9.98. The van der Waals surface area contributed by atoms with Crippen LogP contribution in [-0.4, -0.2) is 27.8 Å². The molecule has 1 amide bonds. The maximum Gasteiger partial charge on any atom is 0.223 e. The second-order valence-corrected chi connectivity index (χ2v) is 7.18. The lowest BCUT2D eigenvalue weighted by atomic mass is 9.82. The van der Waals surface area contributed by atoms with Gasteiger partial charge in [-0.05, 0) is 37.6 Å². The SMILES string of the molecule is C[C@H](C[C@H](O)c1cccs1)NC(=O)CC1(O)CCCCC1. The van der Waals surface area contributed by atoms with E-state index < -0.39 is 11.7 Å². The van der Waals surface area contributed by atoms with Gasteiger partial charge in [-0.2, -0.15) is 0 Å². The van der Waals surface area contributed by atoms with Crippen LogP contribution in [0.4, 0.5) is 0 Å². The van der Waals surface area contributed by atoms with Gasteiger partial charge in [-0.25, -0.2) is 0 Å². The molecule has 0 spiro atoms. The molecule has 0 saturated heterocycles. The number of rotatable bonds is 6. The molecule has 1 aliphatic rings. The molecular weight excluding hydrogens is 286 g/mol. The van der Waals surface area contributed by atoms with Crippen molar-refractivity contribution in [2.24, 2.45) is 0 Å². The van der Waals surface area contributed by atoms with Crippen LogP contribution >= 0.6 is 11.3 Å². The number of aliphatic hydroxyl groups is 2. The van der Waals surface area contributed by atoms with E-state index in [2.05, 4.69) is 5.32 Å². The summed E-state index contributed by atoms with van der Waals surface area (Å²) in [5.41, 5.74) is -0.825. The Balaban J connectivity index is 1.76. The topological polar surface area (TPSA) is 69.6 Å². The van der Waals surface area contributed by atoms with Gasteiger partial charge in [0.1, 0.15) is 0 Å². The van der Waals surface area contributed by atoms with Crippen molar-refractivity contribution in [3.05, 3.63) is 22.4 Å². The average Bonchev–Trinajstić information content (AvgIpc) is 2.92. The molecule has 0 bridgehead atoms. The lowest BCUT2D eigenvalue weighted by Crippen LogP contribution is -2.41. The highest BCUT2D eigenvalue weighted by Gasteiger charge is 2.32. The van der Waals surface area contributed by atoms with Crippen molar-refractivity contribution in [3.8, 4) is 0 Å². The molecule has 1 heterocycles. The van der Waals surface area contributed by atoms with Crippen LogP contribution in [0.15, 0.2) is 17.5 Å². The maximum atomic E-state index is 12.0. The zero-order valence-corrected chi connectivity index (χ0v) is 13.4.